The van der Waals surface area contributed by atoms with Crippen molar-refractivity contribution in [1.29, 1.82) is 5.26 Å². The minimum absolute atomic E-state index is 0.0348. The minimum Gasteiger partial charge on any atom is -0.484 e. The number of amides is 3. The molecule has 0 heterocycles. The van der Waals surface area contributed by atoms with Crippen LogP contribution in [0.5, 0.6) is 5.75 Å². The third-order valence-electron chi connectivity index (χ3n) is 3.45. The van der Waals surface area contributed by atoms with Crippen LogP contribution in [0.25, 0.3) is 0 Å². The highest BCUT2D eigenvalue weighted by Gasteiger charge is 2.10. The Morgan fingerprint density at radius 1 is 1.00 bits per heavy atom. The zero-order chi connectivity index (χ0) is 20.4. The third kappa shape index (κ3) is 6.63. The number of nitriles is 1. The van der Waals surface area contributed by atoms with E-state index in [0.717, 1.165) is 0 Å². The molecule has 0 aromatic heterocycles. The number of benzene rings is 2. The lowest BCUT2D eigenvalue weighted by molar-refractivity contribution is -0.129. The van der Waals surface area contributed by atoms with Crippen LogP contribution in [0.4, 0.5) is 0 Å². The summed E-state index contributed by atoms with van der Waals surface area (Å²) >= 11 is 5.92. The summed E-state index contributed by atoms with van der Waals surface area (Å²) in [4.78, 5) is 35.3. The summed E-state index contributed by atoms with van der Waals surface area (Å²) in [5, 5.41) is 11.6. The van der Waals surface area contributed by atoms with Crippen LogP contribution in [0.2, 0.25) is 5.02 Å². The zero-order valence-corrected chi connectivity index (χ0v) is 15.5. The maximum absolute atomic E-state index is 11.9. The highest BCUT2D eigenvalue weighted by Crippen LogP contribution is 2.14. The number of carbonyl (C=O) groups is 3. The van der Waals surface area contributed by atoms with E-state index < -0.39 is 17.7 Å². The van der Waals surface area contributed by atoms with E-state index in [9.17, 15) is 14.4 Å². The van der Waals surface area contributed by atoms with Crippen LogP contribution in [0.1, 0.15) is 22.3 Å². The van der Waals surface area contributed by atoms with Crippen molar-refractivity contribution in [3.05, 3.63) is 64.7 Å². The standard InChI is InChI=1S/C19H17ClN4O4/c20-16-4-2-1-3-15(16)19(27)22-10-9-17(25)23-24-18(26)12-28-14-7-5-13(11-21)6-8-14/h1-8H,9-10,12H2,(H,22,27)(H,23,25)(H,24,26). The highest BCUT2D eigenvalue weighted by molar-refractivity contribution is 6.33. The second-order valence-corrected chi connectivity index (χ2v) is 5.91. The number of halogens is 1. The Morgan fingerprint density at radius 2 is 1.68 bits per heavy atom. The van der Waals surface area contributed by atoms with Crippen LogP contribution in [0.15, 0.2) is 48.5 Å². The minimum atomic E-state index is -0.558. The van der Waals surface area contributed by atoms with E-state index in [2.05, 4.69) is 16.2 Å². The Hall–Kier alpha value is -3.57. The molecule has 3 amide bonds. The van der Waals surface area contributed by atoms with Crippen molar-refractivity contribution < 1.29 is 19.1 Å². The summed E-state index contributed by atoms with van der Waals surface area (Å²) < 4.78 is 5.23. The molecule has 0 radical (unpaired) electrons. The fourth-order valence-corrected chi connectivity index (χ4v) is 2.26. The number of nitrogens with zero attached hydrogens (tertiary/aromatic N) is 1. The largest absolute Gasteiger partial charge is 0.484 e. The molecule has 0 bridgehead atoms. The maximum Gasteiger partial charge on any atom is 0.276 e. The number of hydrogen-bond donors (Lipinski definition) is 3. The summed E-state index contributed by atoms with van der Waals surface area (Å²) in [5.41, 5.74) is 5.22. The molecule has 0 spiro atoms. The molecule has 0 unspecified atom stereocenters. The number of rotatable bonds is 7. The molecule has 144 valence electrons. The van der Waals surface area contributed by atoms with Crippen LogP contribution >= 0.6 is 11.6 Å². The fraction of sp³-hybridized carbons (Fsp3) is 0.158. The van der Waals surface area contributed by atoms with Gasteiger partial charge in [0.15, 0.2) is 6.61 Å². The van der Waals surface area contributed by atoms with Gasteiger partial charge in [-0.25, -0.2) is 0 Å². The summed E-state index contributed by atoms with van der Waals surface area (Å²) in [6, 6.07) is 14.8. The van der Waals surface area contributed by atoms with E-state index in [1.807, 2.05) is 6.07 Å². The van der Waals surface area contributed by atoms with Gasteiger partial charge in [-0.2, -0.15) is 5.26 Å². The average Bonchev–Trinajstić information content (AvgIpc) is 2.71. The first-order chi connectivity index (χ1) is 13.5. The molecule has 0 aliphatic carbocycles. The van der Waals surface area contributed by atoms with E-state index in [0.29, 0.717) is 21.9 Å². The summed E-state index contributed by atoms with van der Waals surface area (Å²) in [5.74, 6) is -1.01. The second-order valence-electron chi connectivity index (χ2n) is 5.51. The van der Waals surface area contributed by atoms with Crippen molar-refractivity contribution in [3.63, 3.8) is 0 Å². The lowest BCUT2D eigenvalue weighted by atomic mass is 10.2. The second kappa shape index (κ2) is 10.5. The van der Waals surface area contributed by atoms with Gasteiger partial charge in [0.05, 0.1) is 22.2 Å². The van der Waals surface area contributed by atoms with Crippen molar-refractivity contribution in [2.75, 3.05) is 13.2 Å². The topological polar surface area (TPSA) is 120 Å². The Labute approximate surface area is 166 Å². The molecule has 2 aromatic rings. The van der Waals surface area contributed by atoms with Crippen molar-refractivity contribution in [2.24, 2.45) is 0 Å². The lowest BCUT2D eigenvalue weighted by Crippen LogP contribution is -2.44. The maximum atomic E-state index is 11.9. The Bertz CT molecular complexity index is 894. The van der Waals surface area contributed by atoms with Crippen LogP contribution in [-0.4, -0.2) is 30.9 Å². The third-order valence-corrected chi connectivity index (χ3v) is 3.78. The fourth-order valence-electron chi connectivity index (χ4n) is 2.04. The lowest BCUT2D eigenvalue weighted by Gasteiger charge is -2.09. The van der Waals surface area contributed by atoms with Crippen molar-refractivity contribution in [2.45, 2.75) is 6.42 Å². The van der Waals surface area contributed by atoms with Gasteiger partial charge < -0.3 is 10.1 Å². The van der Waals surface area contributed by atoms with Crippen molar-refractivity contribution >= 4 is 29.3 Å². The normalized spacial score (nSPS) is 9.71. The first kappa shape index (κ1) is 20.7. The Kier molecular flexibility index (Phi) is 7.81. The molecule has 0 saturated heterocycles. The van der Waals surface area contributed by atoms with Gasteiger partial charge in [0.2, 0.25) is 5.91 Å². The molecular formula is C19H17ClN4O4. The predicted octanol–water partition coefficient (Wildman–Crippen LogP) is 1.56. The van der Waals surface area contributed by atoms with E-state index >= 15 is 0 Å². The number of hydrazine groups is 1. The SMILES string of the molecule is N#Cc1ccc(OCC(=O)NNC(=O)CCNC(=O)c2ccccc2Cl)cc1. The monoisotopic (exact) mass is 400 g/mol. The van der Waals surface area contributed by atoms with Gasteiger partial charge in [0, 0.05) is 13.0 Å². The molecule has 0 aliphatic heterocycles. The first-order valence-corrected chi connectivity index (χ1v) is 8.61. The molecule has 2 aromatic carbocycles. The quantitative estimate of drug-likeness (QED) is 0.609. The van der Waals surface area contributed by atoms with Crippen LogP contribution in [-0.2, 0) is 9.59 Å². The summed E-state index contributed by atoms with van der Waals surface area (Å²) in [7, 11) is 0. The van der Waals surface area contributed by atoms with Crippen molar-refractivity contribution in [3.8, 4) is 11.8 Å². The molecular weight excluding hydrogens is 384 g/mol. The Morgan fingerprint density at radius 3 is 2.36 bits per heavy atom. The molecule has 0 saturated carbocycles. The predicted molar refractivity (Wildman–Crippen MR) is 101 cm³/mol. The van der Waals surface area contributed by atoms with Gasteiger partial charge in [-0.15, -0.1) is 0 Å². The van der Waals surface area contributed by atoms with Gasteiger partial charge in [-0.3, -0.25) is 25.2 Å². The van der Waals surface area contributed by atoms with Crippen LogP contribution < -0.4 is 20.9 Å². The van der Waals surface area contributed by atoms with Crippen LogP contribution in [0.3, 0.4) is 0 Å². The molecule has 0 fully saturated rings. The number of nitrogens with one attached hydrogen (secondary N) is 3. The molecule has 0 aliphatic rings. The number of carbonyl (C=O) groups excluding carboxylic acids is 3. The highest BCUT2D eigenvalue weighted by atomic mass is 35.5. The smallest absolute Gasteiger partial charge is 0.276 e. The summed E-state index contributed by atoms with van der Waals surface area (Å²) in [6.07, 6.45) is -0.0348. The van der Waals surface area contributed by atoms with E-state index in [1.54, 1.807) is 48.5 Å². The van der Waals surface area contributed by atoms with Gasteiger partial charge >= 0.3 is 0 Å². The number of ether oxygens (including phenoxy) is 1. The molecule has 28 heavy (non-hydrogen) atoms. The zero-order valence-electron chi connectivity index (χ0n) is 14.7. The molecule has 9 heteroatoms. The summed E-state index contributed by atoms with van der Waals surface area (Å²) in [6.45, 7) is -0.233. The van der Waals surface area contributed by atoms with Gasteiger partial charge in [0.25, 0.3) is 11.8 Å². The van der Waals surface area contributed by atoms with Gasteiger partial charge in [0.1, 0.15) is 5.75 Å². The number of hydrogen-bond acceptors (Lipinski definition) is 5. The Balaban J connectivity index is 1.63. The first-order valence-electron chi connectivity index (χ1n) is 8.23. The van der Waals surface area contributed by atoms with E-state index in [1.165, 1.54) is 0 Å². The average molecular weight is 401 g/mol. The van der Waals surface area contributed by atoms with Gasteiger partial charge in [-0.1, -0.05) is 23.7 Å². The van der Waals surface area contributed by atoms with Crippen molar-refractivity contribution in [1.82, 2.24) is 16.2 Å². The van der Waals surface area contributed by atoms with Crippen LogP contribution in [0, 0.1) is 11.3 Å². The van der Waals surface area contributed by atoms with E-state index in [-0.39, 0.29) is 19.6 Å². The molecule has 8 nitrogen and oxygen atoms in total. The van der Waals surface area contributed by atoms with Gasteiger partial charge in [-0.05, 0) is 36.4 Å². The molecule has 3 N–H and O–H groups in total. The molecule has 2 rings (SSSR count). The molecule has 0 atom stereocenters. The van der Waals surface area contributed by atoms with E-state index in [4.69, 9.17) is 21.6 Å².